The van der Waals surface area contributed by atoms with E-state index in [1.54, 1.807) is 11.3 Å². The van der Waals surface area contributed by atoms with E-state index in [0.29, 0.717) is 5.13 Å². The Kier molecular flexibility index (Phi) is 3.58. The van der Waals surface area contributed by atoms with Crippen molar-refractivity contribution < 1.29 is 0 Å². The lowest BCUT2D eigenvalue weighted by Crippen LogP contribution is -2.21. The number of anilines is 2. The zero-order valence-electron chi connectivity index (χ0n) is 10.1. The predicted molar refractivity (Wildman–Crippen MR) is 73.7 cm³/mol. The van der Waals surface area contributed by atoms with Crippen molar-refractivity contribution in [1.82, 2.24) is 15.2 Å². The summed E-state index contributed by atoms with van der Waals surface area (Å²) in [6, 6.07) is 0. The van der Waals surface area contributed by atoms with Gasteiger partial charge in [-0.2, -0.15) is 0 Å². The fourth-order valence-electron chi connectivity index (χ4n) is 1.54. The van der Waals surface area contributed by atoms with Crippen molar-refractivity contribution in [2.75, 3.05) is 23.7 Å². The number of nitrogen functional groups attached to an aromatic ring is 1. The van der Waals surface area contributed by atoms with Crippen LogP contribution in [0.15, 0.2) is 0 Å². The molecule has 2 heterocycles. The summed E-state index contributed by atoms with van der Waals surface area (Å²) in [6.45, 7) is 8.17. The molecular formula is C10H15N5S2. The summed E-state index contributed by atoms with van der Waals surface area (Å²) in [4.78, 5) is 7.88. The molecule has 2 N–H and O–H groups in total. The van der Waals surface area contributed by atoms with E-state index in [4.69, 9.17) is 5.73 Å². The van der Waals surface area contributed by atoms with Crippen molar-refractivity contribution in [1.29, 1.82) is 0 Å². The number of nitrogens with two attached hydrogens (primary N) is 1. The highest BCUT2D eigenvalue weighted by atomic mass is 32.1. The Morgan fingerprint density at radius 2 is 1.88 bits per heavy atom. The highest BCUT2D eigenvalue weighted by Gasteiger charge is 2.16. The summed E-state index contributed by atoms with van der Waals surface area (Å²) in [5.41, 5.74) is 6.60. The molecule has 0 aliphatic rings. The smallest absolute Gasteiger partial charge is 0.203 e. The predicted octanol–water partition coefficient (Wildman–Crippen LogP) is 2.40. The van der Waals surface area contributed by atoms with Crippen LogP contribution >= 0.6 is 22.7 Å². The average molecular weight is 269 g/mol. The Labute approximate surface area is 108 Å². The normalized spacial score (nSPS) is 10.8. The Balaban J connectivity index is 2.37. The molecule has 0 bridgehead atoms. The van der Waals surface area contributed by atoms with Gasteiger partial charge in [0, 0.05) is 13.1 Å². The molecule has 5 nitrogen and oxygen atoms in total. The van der Waals surface area contributed by atoms with E-state index in [1.165, 1.54) is 11.3 Å². The largest absolute Gasteiger partial charge is 0.374 e. The van der Waals surface area contributed by atoms with E-state index in [0.717, 1.165) is 33.8 Å². The monoisotopic (exact) mass is 269 g/mol. The van der Waals surface area contributed by atoms with Gasteiger partial charge in [0.2, 0.25) is 5.13 Å². The second kappa shape index (κ2) is 4.97. The van der Waals surface area contributed by atoms with E-state index >= 15 is 0 Å². The summed E-state index contributed by atoms with van der Waals surface area (Å²) in [5, 5.41) is 10.3. The number of hydrogen-bond donors (Lipinski definition) is 1. The lowest BCUT2D eigenvalue weighted by Gasteiger charge is -2.16. The Hall–Kier alpha value is -1.21. The number of rotatable bonds is 4. The lowest BCUT2D eigenvalue weighted by molar-refractivity contribution is 0.857. The minimum atomic E-state index is 0.497. The molecule has 0 aliphatic heterocycles. The Morgan fingerprint density at radius 3 is 2.41 bits per heavy atom. The minimum Gasteiger partial charge on any atom is -0.374 e. The van der Waals surface area contributed by atoms with Gasteiger partial charge in [0.25, 0.3) is 0 Å². The highest BCUT2D eigenvalue weighted by Crippen LogP contribution is 2.36. The molecule has 0 atom stereocenters. The van der Waals surface area contributed by atoms with Gasteiger partial charge in [-0.1, -0.05) is 22.7 Å². The first kappa shape index (κ1) is 12.3. The van der Waals surface area contributed by atoms with Crippen LogP contribution in [0.25, 0.3) is 9.88 Å². The van der Waals surface area contributed by atoms with Crippen molar-refractivity contribution in [2.45, 2.75) is 20.8 Å². The van der Waals surface area contributed by atoms with Gasteiger partial charge in [-0.15, -0.1) is 10.2 Å². The lowest BCUT2D eigenvalue weighted by atomic mass is 10.4. The number of nitrogens with zero attached hydrogens (tertiary/aromatic N) is 4. The summed E-state index contributed by atoms with van der Waals surface area (Å²) < 4.78 is 0. The number of thiazole rings is 1. The second-order valence-electron chi connectivity index (χ2n) is 3.53. The van der Waals surface area contributed by atoms with Crippen molar-refractivity contribution in [2.24, 2.45) is 0 Å². The van der Waals surface area contributed by atoms with Gasteiger partial charge in [-0.25, -0.2) is 4.98 Å². The maximum Gasteiger partial charge on any atom is 0.203 e. The molecule has 17 heavy (non-hydrogen) atoms. The van der Waals surface area contributed by atoms with E-state index in [-0.39, 0.29) is 0 Å². The third-order valence-corrected chi connectivity index (χ3v) is 4.58. The maximum atomic E-state index is 5.60. The molecule has 0 saturated carbocycles. The van der Waals surface area contributed by atoms with Crippen LogP contribution < -0.4 is 10.6 Å². The molecule has 0 radical (unpaired) electrons. The molecule has 0 spiro atoms. The summed E-state index contributed by atoms with van der Waals surface area (Å²) in [6.07, 6.45) is 0. The molecule has 2 rings (SSSR count). The fraction of sp³-hybridized carbons (Fsp3) is 0.500. The van der Waals surface area contributed by atoms with E-state index < -0.39 is 0 Å². The van der Waals surface area contributed by atoms with Crippen LogP contribution in [0.1, 0.15) is 19.5 Å². The number of hydrogen-bond acceptors (Lipinski definition) is 7. The molecule has 0 aliphatic carbocycles. The van der Waals surface area contributed by atoms with Crippen LogP contribution in [-0.4, -0.2) is 28.3 Å². The fourth-order valence-corrected chi connectivity index (χ4v) is 3.46. The van der Waals surface area contributed by atoms with E-state index in [9.17, 15) is 0 Å². The first-order chi connectivity index (χ1) is 8.15. The van der Waals surface area contributed by atoms with E-state index in [1.807, 2.05) is 6.92 Å². The molecular weight excluding hydrogens is 254 g/mol. The van der Waals surface area contributed by atoms with Gasteiger partial charge in [0.15, 0.2) is 10.1 Å². The van der Waals surface area contributed by atoms with Crippen molar-refractivity contribution in [3.05, 3.63) is 5.69 Å². The van der Waals surface area contributed by atoms with Gasteiger partial charge >= 0.3 is 0 Å². The molecule has 2 aromatic rings. The summed E-state index contributed by atoms with van der Waals surface area (Å²) in [5.74, 6) is 0. The van der Waals surface area contributed by atoms with Crippen LogP contribution in [0.3, 0.4) is 0 Å². The molecule has 7 heteroatoms. The second-order valence-corrected chi connectivity index (χ2v) is 5.52. The molecule has 0 amide bonds. The zero-order chi connectivity index (χ0) is 12.4. The van der Waals surface area contributed by atoms with Crippen LogP contribution in [0.4, 0.5) is 10.3 Å². The first-order valence-electron chi connectivity index (χ1n) is 5.47. The van der Waals surface area contributed by atoms with Crippen molar-refractivity contribution in [3.63, 3.8) is 0 Å². The highest BCUT2D eigenvalue weighted by molar-refractivity contribution is 7.25. The van der Waals surface area contributed by atoms with Crippen LogP contribution in [-0.2, 0) is 0 Å². The zero-order valence-corrected chi connectivity index (χ0v) is 11.7. The standard InChI is InChI=1S/C10H15N5S2/c1-4-15(5-2)10-12-6(3)7(16-10)8-13-14-9(11)17-8/h4-5H2,1-3H3,(H2,11,14). The van der Waals surface area contributed by atoms with Crippen LogP contribution in [0, 0.1) is 6.92 Å². The minimum absolute atomic E-state index is 0.497. The summed E-state index contributed by atoms with van der Waals surface area (Å²) >= 11 is 3.05. The SMILES string of the molecule is CCN(CC)c1nc(C)c(-c2nnc(N)s2)s1. The first-order valence-corrected chi connectivity index (χ1v) is 7.10. The molecule has 0 unspecified atom stereocenters. The van der Waals surface area contributed by atoms with Crippen LogP contribution in [0.5, 0.6) is 0 Å². The number of aromatic nitrogens is 3. The van der Waals surface area contributed by atoms with Crippen molar-refractivity contribution in [3.8, 4) is 9.88 Å². The average Bonchev–Trinajstić information content (AvgIpc) is 2.87. The number of aryl methyl sites for hydroxylation is 1. The van der Waals surface area contributed by atoms with Gasteiger partial charge in [0.05, 0.1) is 10.6 Å². The molecule has 2 aromatic heterocycles. The summed E-state index contributed by atoms with van der Waals surface area (Å²) in [7, 11) is 0. The van der Waals surface area contributed by atoms with Crippen molar-refractivity contribution >= 4 is 32.9 Å². The maximum absolute atomic E-state index is 5.60. The Bertz CT molecular complexity index is 501. The van der Waals surface area contributed by atoms with Crippen LogP contribution in [0.2, 0.25) is 0 Å². The third kappa shape index (κ3) is 2.39. The van der Waals surface area contributed by atoms with Gasteiger partial charge in [0.1, 0.15) is 0 Å². The van der Waals surface area contributed by atoms with E-state index in [2.05, 4.69) is 33.9 Å². The molecule has 92 valence electrons. The molecule has 0 fully saturated rings. The quantitative estimate of drug-likeness (QED) is 0.923. The Morgan fingerprint density at radius 1 is 1.18 bits per heavy atom. The topological polar surface area (TPSA) is 67.9 Å². The van der Waals surface area contributed by atoms with Gasteiger partial charge in [-0.3, -0.25) is 0 Å². The molecule has 0 aromatic carbocycles. The van der Waals surface area contributed by atoms with Gasteiger partial charge < -0.3 is 10.6 Å². The van der Waals surface area contributed by atoms with Gasteiger partial charge in [-0.05, 0) is 20.8 Å². The third-order valence-electron chi connectivity index (χ3n) is 2.45. The molecule has 0 saturated heterocycles.